The standard InChI is InChI=1S/C23H19ClN4O2S/c1-13(21(29)25-16-10-11-16)31-23-28-27-22(30-23)18-12-20(14-6-8-15(24)9-7-14)26-19-5-3-2-4-17(18)19/h2-9,12-13,16H,10-11H2,1H3,(H,25,29). The van der Waals surface area contributed by atoms with Gasteiger partial charge in [-0.3, -0.25) is 4.79 Å². The summed E-state index contributed by atoms with van der Waals surface area (Å²) in [4.78, 5) is 17.0. The zero-order chi connectivity index (χ0) is 21.4. The summed E-state index contributed by atoms with van der Waals surface area (Å²) in [5, 5.41) is 13.0. The van der Waals surface area contributed by atoms with Crippen molar-refractivity contribution in [3.8, 4) is 22.7 Å². The fraction of sp³-hybridized carbons (Fsp3) is 0.217. The average Bonchev–Trinajstić information content (AvgIpc) is 3.48. The molecule has 0 spiro atoms. The predicted molar refractivity (Wildman–Crippen MR) is 122 cm³/mol. The van der Waals surface area contributed by atoms with Crippen LogP contribution in [0.15, 0.2) is 64.2 Å². The number of para-hydroxylation sites is 1. The van der Waals surface area contributed by atoms with Gasteiger partial charge in [-0.05, 0) is 44.0 Å². The second kappa shape index (κ2) is 8.32. The van der Waals surface area contributed by atoms with E-state index in [1.807, 2.05) is 61.5 Å². The van der Waals surface area contributed by atoms with Gasteiger partial charge in [-0.2, -0.15) is 0 Å². The van der Waals surface area contributed by atoms with Crippen LogP contribution in [-0.4, -0.2) is 32.4 Å². The quantitative estimate of drug-likeness (QED) is 0.398. The predicted octanol–water partition coefficient (Wildman–Crippen LogP) is 5.36. The summed E-state index contributed by atoms with van der Waals surface area (Å²) in [5.41, 5.74) is 3.35. The van der Waals surface area contributed by atoms with Crippen LogP contribution >= 0.6 is 23.4 Å². The number of benzene rings is 2. The second-order valence-electron chi connectivity index (χ2n) is 7.50. The van der Waals surface area contributed by atoms with Crippen molar-refractivity contribution in [2.75, 3.05) is 0 Å². The Kier molecular flexibility index (Phi) is 5.38. The lowest BCUT2D eigenvalue weighted by Crippen LogP contribution is -2.32. The monoisotopic (exact) mass is 450 g/mol. The van der Waals surface area contributed by atoms with Gasteiger partial charge in [0.1, 0.15) is 0 Å². The normalized spacial score (nSPS) is 14.5. The van der Waals surface area contributed by atoms with Crippen LogP contribution in [0.5, 0.6) is 0 Å². The van der Waals surface area contributed by atoms with Crippen molar-refractivity contribution < 1.29 is 9.21 Å². The van der Waals surface area contributed by atoms with Crippen molar-refractivity contribution >= 4 is 40.2 Å². The molecule has 31 heavy (non-hydrogen) atoms. The molecule has 0 saturated heterocycles. The molecule has 1 N–H and O–H groups in total. The van der Waals surface area contributed by atoms with Crippen molar-refractivity contribution in [2.45, 2.75) is 36.3 Å². The molecule has 1 atom stereocenters. The van der Waals surface area contributed by atoms with Gasteiger partial charge < -0.3 is 9.73 Å². The maximum Gasteiger partial charge on any atom is 0.277 e. The van der Waals surface area contributed by atoms with E-state index < -0.39 is 0 Å². The van der Waals surface area contributed by atoms with Crippen molar-refractivity contribution in [3.05, 3.63) is 59.6 Å². The Balaban J connectivity index is 1.48. The van der Waals surface area contributed by atoms with E-state index in [2.05, 4.69) is 15.5 Å². The first-order valence-corrected chi connectivity index (χ1v) is 11.3. The van der Waals surface area contributed by atoms with E-state index in [0.717, 1.165) is 40.6 Å². The number of amides is 1. The van der Waals surface area contributed by atoms with Crippen molar-refractivity contribution in [1.82, 2.24) is 20.5 Å². The lowest BCUT2D eigenvalue weighted by molar-refractivity contribution is -0.120. The molecule has 156 valence electrons. The minimum atomic E-state index is -0.312. The van der Waals surface area contributed by atoms with Crippen LogP contribution in [0.4, 0.5) is 0 Å². The average molecular weight is 451 g/mol. The van der Waals surface area contributed by atoms with Crippen LogP contribution in [0.1, 0.15) is 19.8 Å². The van der Waals surface area contributed by atoms with E-state index in [1.54, 1.807) is 0 Å². The minimum absolute atomic E-state index is 0.00774. The molecule has 2 heterocycles. The summed E-state index contributed by atoms with van der Waals surface area (Å²) in [6.07, 6.45) is 2.11. The Bertz CT molecular complexity index is 1250. The van der Waals surface area contributed by atoms with Crippen LogP contribution in [0.2, 0.25) is 5.02 Å². The Labute approximate surface area is 188 Å². The molecule has 1 aliphatic carbocycles. The number of fused-ring (bicyclic) bond motifs is 1. The van der Waals surface area contributed by atoms with Gasteiger partial charge in [0, 0.05) is 22.0 Å². The number of thioether (sulfide) groups is 1. The highest BCUT2D eigenvalue weighted by Gasteiger charge is 2.27. The third kappa shape index (κ3) is 4.43. The van der Waals surface area contributed by atoms with Crippen molar-refractivity contribution in [3.63, 3.8) is 0 Å². The van der Waals surface area contributed by atoms with Gasteiger partial charge in [0.2, 0.25) is 11.8 Å². The molecule has 1 unspecified atom stereocenters. The first-order valence-electron chi connectivity index (χ1n) is 10.0. The van der Waals surface area contributed by atoms with Crippen LogP contribution in [-0.2, 0) is 4.79 Å². The Morgan fingerprint density at radius 3 is 2.71 bits per heavy atom. The Hall–Kier alpha value is -2.90. The summed E-state index contributed by atoms with van der Waals surface area (Å²) in [6, 6.07) is 17.6. The number of carbonyl (C=O) groups excluding carboxylic acids is 1. The van der Waals surface area contributed by atoms with E-state index in [9.17, 15) is 4.79 Å². The molecule has 0 aliphatic heterocycles. The number of carbonyl (C=O) groups is 1. The van der Waals surface area contributed by atoms with E-state index in [1.165, 1.54) is 11.8 Å². The molecular weight excluding hydrogens is 432 g/mol. The van der Waals surface area contributed by atoms with Crippen LogP contribution in [0.3, 0.4) is 0 Å². The molecular formula is C23H19ClN4O2S. The molecule has 2 aromatic heterocycles. The lowest BCUT2D eigenvalue weighted by atomic mass is 10.0. The second-order valence-corrected chi connectivity index (χ2v) is 9.22. The van der Waals surface area contributed by atoms with Gasteiger partial charge in [0.05, 0.1) is 22.0 Å². The smallest absolute Gasteiger partial charge is 0.277 e. The highest BCUT2D eigenvalue weighted by Crippen LogP contribution is 2.33. The van der Waals surface area contributed by atoms with Gasteiger partial charge in [-0.25, -0.2) is 4.98 Å². The zero-order valence-corrected chi connectivity index (χ0v) is 18.3. The molecule has 1 saturated carbocycles. The molecule has 4 aromatic rings. The summed E-state index contributed by atoms with van der Waals surface area (Å²) < 4.78 is 5.94. The summed E-state index contributed by atoms with van der Waals surface area (Å²) in [5.74, 6) is 0.387. The van der Waals surface area contributed by atoms with Gasteiger partial charge >= 0.3 is 0 Å². The third-order valence-electron chi connectivity index (χ3n) is 5.06. The number of hydrogen-bond donors (Lipinski definition) is 1. The van der Waals surface area contributed by atoms with Crippen LogP contribution < -0.4 is 5.32 Å². The Morgan fingerprint density at radius 2 is 1.94 bits per heavy atom. The fourth-order valence-electron chi connectivity index (χ4n) is 3.24. The number of halogens is 1. The minimum Gasteiger partial charge on any atom is -0.411 e. The van der Waals surface area contributed by atoms with Gasteiger partial charge in [-0.1, -0.05) is 53.7 Å². The molecule has 5 rings (SSSR count). The number of rotatable bonds is 6. The van der Waals surface area contributed by atoms with Gasteiger partial charge in [-0.15, -0.1) is 10.2 Å². The summed E-state index contributed by atoms with van der Waals surface area (Å²) >= 11 is 7.30. The van der Waals surface area contributed by atoms with Crippen molar-refractivity contribution in [1.29, 1.82) is 0 Å². The van der Waals surface area contributed by atoms with Gasteiger partial charge in [0.15, 0.2) is 0 Å². The van der Waals surface area contributed by atoms with Gasteiger partial charge in [0.25, 0.3) is 5.22 Å². The SMILES string of the molecule is CC(Sc1nnc(-c2cc(-c3ccc(Cl)cc3)nc3ccccc23)o1)C(=O)NC1CC1. The zero-order valence-electron chi connectivity index (χ0n) is 16.7. The summed E-state index contributed by atoms with van der Waals surface area (Å²) in [7, 11) is 0. The van der Waals surface area contributed by atoms with E-state index in [0.29, 0.717) is 22.2 Å². The van der Waals surface area contributed by atoms with E-state index in [4.69, 9.17) is 21.0 Å². The highest BCUT2D eigenvalue weighted by atomic mass is 35.5. The molecule has 2 aromatic carbocycles. The number of nitrogens with one attached hydrogen (secondary N) is 1. The highest BCUT2D eigenvalue weighted by molar-refractivity contribution is 8.00. The van der Waals surface area contributed by atoms with E-state index in [-0.39, 0.29) is 11.2 Å². The first kappa shape index (κ1) is 20.0. The number of pyridine rings is 1. The first-order chi connectivity index (χ1) is 15.1. The van der Waals surface area contributed by atoms with Crippen LogP contribution in [0.25, 0.3) is 33.6 Å². The maximum atomic E-state index is 12.2. The lowest BCUT2D eigenvalue weighted by Gasteiger charge is -2.09. The number of nitrogens with zero attached hydrogens (tertiary/aromatic N) is 3. The van der Waals surface area contributed by atoms with Crippen LogP contribution in [0, 0.1) is 0 Å². The van der Waals surface area contributed by atoms with E-state index >= 15 is 0 Å². The third-order valence-corrected chi connectivity index (χ3v) is 6.25. The Morgan fingerprint density at radius 1 is 1.16 bits per heavy atom. The number of aromatic nitrogens is 3. The maximum absolute atomic E-state index is 12.2. The van der Waals surface area contributed by atoms with Crippen molar-refractivity contribution in [2.24, 2.45) is 0 Å². The fourth-order valence-corrected chi connectivity index (χ4v) is 4.06. The molecule has 0 bridgehead atoms. The topological polar surface area (TPSA) is 80.9 Å². The molecule has 1 aliphatic rings. The largest absolute Gasteiger partial charge is 0.411 e. The molecule has 0 radical (unpaired) electrons. The molecule has 8 heteroatoms. The summed E-state index contributed by atoms with van der Waals surface area (Å²) in [6.45, 7) is 1.84. The molecule has 6 nitrogen and oxygen atoms in total. The molecule has 1 fully saturated rings. The molecule has 1 amide bonds. The number of hydrogen-bond acceptors (Lipinski definition) is 6.